The Balaban J connectivity index is 1.51. The van der Waals surface area contributed by atoms with Gasteiger partial charge in [0.15, 0.2) is 5.82 Å². The number of fused-ring (bicyclic) bond motifs is 1. The fourth-order valence-electron chi connectivity index (χ4n) is 3.47. The van der Waals surface area contributed by atoms with Gasteiger partial charge in [-0.25, -0.2) is 4.98 Å². The number of benzene rings is 1. The van der Waals surface area contributed by atoms with Crippen molar-refractivity contribution in [3.8, 4) is 0 Å². The zero-order valence-electron chi connectivity index (χ0n) is 11.7. The van der Waals surface area contributed by atoms with Crippen LogP contribution in [0.1, 0.15) is 18.4 Å². The van der Waals surface area contributed by atoms with E-state index in [0.717, 1.165) is 32.4 Å². The maximum Gasteiger partial charge on any atom is 0.291 e. The van der Waals surface area contributed by atoms with Crippen LogP contribution in [0.25, 0.3) is 0 Å². The predicted molar refractivity (Wildman–Crippen MR) is 81.6 cm³/mol. The van der Waals surface area contributed by atoms with E-state index in [-0.39, 0.29) is 11.1 Å². The lowest BCUT2D eigenvalue weighted by Crippen LogP contribution is -2.49. The minimum Gasteiger partial charge on any atom is -0.379 e. The standard InChI is InChI=1S/C16H17N4O/c21-15-14(17-7-8-18-15)20-9-5-16(6-10-20)11-12-3-1-2-4-13(12)19-16/h1-4,7,19H,5-6,9-11H2,(H,18,21). The number of piperidine rings is 1. The summed E-state index contributed by atoms with van der Waals surface area (Å²) in [6, 6.07) is 8.51. The van der Waals surface area contributed by atoms with Gasteiger partial charge >= 0.3 is 0 Å². The lowest BCUT2D eigenvalue weighted by Gasteiger charge is -2.40. The third-order valence-corrected chi connectivity index (χ3v) is 4.61. The first-order chi connectivity index (χ1) is 10.3. The summed E-state index contributed by atoms with van der Waals surface area (Å²) >= 11 is 0. The third kappa shape index (κ3) is 2.09. The van der Waals surface area contributed by atoms with Gasteiger partial charge in [0.25, 0.3) is 5.56 Å². The number of para-hydroxylation sites is 1. The SMILES string of the molecule is O=c1[nH][c]cnc1N1CCC2(CC1)Cc1ccccc1N2. The lowest BCUT2D eigenvalue weighted by atomic mass is 9.85. The van der Waals surface area contributed by atoms with Gasteiger partial charge in [-0.2, -0.15) is 0 Å². The molecule has 2 aliphatic rings. The molecule has 107 valence electrons. The quantitative estimate of drug-likeness (QED) is 0.833. The molecule has 1 spiro atoms. The van der Waals surface area contributed by atoms with Gasteiger partial charge < -0.3 is 15.2 Å². The van der Waals surface area contributed by atoms with Crippen molar-refractivity contribution in [3.05, 3.63) is 52.6 Å². The second kappa shape index (κ2) is 4.62. The minimum absolute atomic E-state index is 0.147. The lowest BCUT2D eigenvalue weighted by molar-refractivity contribution is 0.374. The Morgan fingerprint density at radius 3 is 2.81 bits per heavy atom. The van der Waals surface area contributed by atoms with E-state index in [2.05, 4.69) is 50.6 Å². The van der Waals surface area contributed by atoms with Crippen LogP contribution in [-0.4, -0.2) is 28.6 Å². The molecule has 1 radical (unpaired) electrons. The van der Waals surface area contributed by atoms with Crippen LogP contribution in [-0.2, 0) is 6.42 Å². The van der Waals surface area contributed by atoms with Crippen LogP contribution in [0.4, 0.5) is 11.5 Å². The largest absolute Gasteiger partial charge is 0.379 e. The van der Waals surface area contributed by atoms with Crippen molar-refractivity contribution in [1.29, 1.82) is 0 Å². The van der Waals surface area contributed by atoms with Crippen molar-refractivity contribution < 1.29 is 0 Å². The number of nitrogens with zero attached hydrogens (tertiary/aromatic N) is 2. The van der Waals surface area contributed by atoms with E-state index in [4.69, 9.17) is 0 Å². The Bertz CT molecular complexity index is 689. The molecule has 1 aromatic carbocycles. The molecular weight excluding hydrogens is 264 g/mol. The van der Waals surface area contributed by atoms with Gasteiger partial charge in [-0.3, -0.25) is 4.79 Å². The second-order valence-electron chi connectivity index (χ2n) is 5.91. The molecule has 0 unspecified atom stereocenters. The average molecular weight is 281 g/mol. The maximum absolute atomic E-state index is 11.8. The van der Waals surface area contributed by atoms with E-state index < -0.39 is 0 Å². The summed E-state index contributed by atoms with van der Waals surface area (Å²) in [6.07, 6.45) is 7.23. The van der Waals surface area contributed by atoms with Gasteiger partial charge in [-0.1, -0.05) is 18.2 Å². The molecule has 1 saturated heterocycles. The fourth-order valence-corrected chi connectivity index (χ4v) is 3.47. The van der Waals surface area contributed by atoms with E-state index in [0.29, 0.717) is 5.82 Å². The number of hydrogen-bond acceptors (Lipinski definition) is 4. The highest BCUT2D eigenvalue weighted by atomic mass is 16.1. The molecule has 4 rings (SSSR count). The van der Waals surface area contributed by atoms with Gasteiger partial charge in [-0.05, 0) is 30.9 Å². The first kappa shape index (κ1) is 12.4. The van der Waals surface area contributed by atoms with E-state index >= 15 is 0 Å². The molecule has 0 saturated carbocycles. The molecule has 5 heteroatoms. The van der Waals surface area contributed by atoms with Gasteiger partial charge in [-0.15, -0.1) is 0 Å². The number of anilines is 2. The van der Waals surface area contributed by atoms with Crippen LogP contribution >= 0.6 is 0 Å². The summed E-state index contributed by atoms with van der Waals surface area (Å²) in [5.74, 6) is 0.513. The molecule has 21 heavy (non-hydrogen) atoms. The van der Waals surface area contributed by atoms with Crippen LogP contribution in [0.15, 0.2) is 35.3 Å². The highest BCUT2D eigenvalue weighted by Gasteiger charge is 2.39. The van der Waals surface area contributed by atoms with Crippen LogP contribution in [0.5, 0.6) is 0 Å². The fraction of sp³-hybridized carbons (Fsp3) is 0.375. The topological polar surface area (TPSA) is 61.0 Å². The van der Waals surface area contributed by atoms with E-state index in [9.17, 15) is 4.79 Å². The number of aromatic nitrogens is 2. The normalized spacial score (nSPS) is 19.3. The summed E-state index contributed by atoms with van der Waals surface area (Å²) in [5, 5.41) is 3.70. The number of aromatic amines is 1. The van der Waals surface area contributed by atoms with Crippen molar-refractivity contribution >= 4 is 11.5 Å². The Morgan fingerprint density at radius 1 is 1.24 bits per heavy atom. The Kier molecular flexibility index (Phi) is 2.74. The van der Waals surface area contributed by atoms with Gasteiger partial charge in [0.05, 0.1) is 12.4 Å². The maximum atomic E-state index is 11.8. The van der Waals surface area contributed by atoms with E-state index in [1.807, 2.05) is 0 Å². The van der Waals surface area contributed by atoms with Crippen LogP contribution in [0.2, 0.25) is 0 Å². The van der Waals surface area contributed by atoms with Crippen LogP contribution in [0.3, 0.4) is 0 Å². The molecule has 0 atom stereocenters. The van der Waals surface area contributed by atoms with Gasteiger partial charge in [0, 0.05) is 24.3 Å². The van der Waals surface area contributed by atoms with Crippen molar-refractivity contribution in [3.63, 3.8) is 0 Å². The Labute approximate surface area is 123 Å². The molecule has 2 N–H and O–H groups in total. The van der Waals surface area contributed by atoms with Crippen molar-refractivity contribution in [1.82, 2.24) is 9.97 Å². The zero-order valence-corrected chi connectivity index (χ0v) is 11.7. The van der Waals surface area contributed by atoms with Crippen LogP contribution < -0.4 is 15.8 Å². The Hall–Kier alpha value is -2.30. The molecule has 2 aliphatic heterocycles. The first-order valence-electron chi connectivity index (χ1n) is 7.32. The third-order valence-electron chi connectivity index (χ3n) is 4.61. The molecule has 0 amide bonds. The molecule has 0 bridgehead atoms. The van der Waals surface area contributed by atoms with E-state index in [1.165, 1.54) is 17.4 Å². The summed E-state index contributed by atoms with van der Waals surface area (Å²) in [7, 11) is 0. The van der Waals surface area contributed by atoms with E-state index in [1.54, 1.807) is 0 Å². The molecule has 0 aliphatic carbocycles. The van der Waals surface area contributed by atoms with Gasteiger partial charge in [0.1, 0.15) is 0 Å². The highest BCUT2D eigenvalue weighted by Crippen LogP contribution is 2.38. The second-order valence-corrected chi connectivity index (χ2v) is 5.91. The number of hydrogen-bond donors (Lipinski definition) is 2. The summed E-state index contributed by atoms with van der Waals surface area (Å²) < 4.78 is 0. The molecule has 2 aromatic rings. The molecule has 1 fully saturated rings. The number of nitrogens with one attached hydrogen (secondary N) is 2. The molecule has 3 heterocycles. The predicted octanol–water partition coefficient (Wildman–Crippen LogP) is 1.58. The van der Waals surface area contributed by atoms with Crippen molar-refractivity contribution in [2.45, 2.75) is 24.8 Å². The Morgan fingerprint density at radius 2 is 2.05 bits per heavy atom. The molecular formula is C16H17N4O. The molecule has 5 nitrogen and oxygen atoms in total. The zero-order chi connectivity index (χ0) is 14.3. The minimum atomic E-state index is -0.156. The average Bonchev–Trinajstić information content (AvgIpc) is 2.86. The van der Waals surface area contributed by atoms with Crippen LogP contribution in [0, 0.1) is 6.20 Å². The summed E-state index contributed by atoms with van der Waals surface area (Å²) in [5.41, 5.74) is 2.65. The monoisotopic (exact) mass is 281 g/mol. The number of H-pyrrole nitrogens is 1. The molecule has 1 aromatic heterocycles. The van der Waals surface area contributed by atoms with Crippen molar-refractivity contribution in [2.75, 3.05) is 23.3 Å². The van der Waals surface area contributed by atoms with Gasteiger partial charge in [0.2, 0.25) is 0 Å². The first-order valence-corrected chi connectivity index (χ1v) is 7.32. The number of rotatable bonds is 1. The van der Waals surface area contributed by atoms with Crippen molar-refractivity contribution in [2.24, 2.45) is 0 Å². The highest BCUT2D eigenvalue weighted by molar-refractivity contribution is 5.59. The smallest absolute Gasteiger partial charge is 0.291 e. The summed E-state index contributed by atoms with van der Waals surface area (Å²) in [6.45, 7) is 1.70. The summed E-state index contributed by atoms with van der Waals surface area (Å²) in [4.78, 5) is 20.6.